The van der Waals surface area contributed by atoms with Crippen molar-refractivity contribution in [2.75, 3.05) is 32.5 Å². The van der Waals surface area contributed by atoms with Gasteiger partial charge in [0, 0.05) is 30.7 Å². The van der Waals surface area contributed by atoms with Crippen molar-refractivity contribution < 1.29 is 17.9 Å². The second-order valence-corrected chi connectivity index (χ2v) is 8.59. The van der Waals surface area contributed by atoms with Crippen LogP contribution in [0.3, 0.4) is 0 Å². The van der Waals surface area contributed by atoms with Crippen molar-refractivity contribution in [3.8, 4) is 0 Å². The molecule has 8 heteroatoms. The fourth-order valence-electron chi connectivity index (χ4n) is 3.13. The first-order valence-electron chi connectivity index (χ1n) is 8.47. The first kappa shape index (κ1) is 18.8. The minimum Gasteiger partial charge on any atom is -0.374 e. The summed E-state index contributed by atoms with van der Waals surface area (Å²) in [6.45, 7) is 4.98. The van der Waals surface area contributed by atoms with E-state index >= 15 is 0 Å². The van der Waals surface area contributed by atoms with Gasteiger partial charge in [-0.3, -0.25) is 9.78 Å². The Hall–Kier alpha value is -2.03. The molecule has 0 bridgehead atoms. The Balaban J connectivity index is 1.75. The Labute approximate surface area is 153 Å². The van der Waals surface area contributed by atoms with Crippen LogP contribution in [0.4, 0.5) is 0 Å². The van der Waals surface area contributed by atoms with Crippen molar-refractivity contribution in [2.24, 2.45) is 0 Å². The van der Waals surface area contributed by atoms with Crippen molar-refractivity contribution >= 4 is 26.8 Å². The molecule has 1 N–H and O–H groups in total. The molecule has 26 heavy (non-hydrogen) atoms. The number of amides is 1. The summed E-state index contributed by atoms with van der Waals surface area (Å²) in [4.78, 5) is 17.2. The van der Waals surface area contributed by atoms with E-state index in [0.29, 0.717) is 18.7 Å². The van der Waals surface area contributed by atoms with Crippen molar-refractivity contribution in [1.82, 2.24) is 14.6 Å². The molecular formula is C18H23N3O4S. The molecule has 1 aromatic heterocycles. The summed E-state index contributed by atoms with van der Waals surface area (Å²) in [7, 11) is -3.26. The molecule has 2 heterocycles. The van der Waals surface area contributed by atoms with Crippen LogP contribution >= 0.6 is 0 Å². The van der Waals surface area contributed by atoms with E-state index in [0.717, 1.165) is 22.2 Å². The Morgan fingerprint density at radius 3 is 2.88 bits per heavy atom. The third-order valence-corrected chi connectivity index (χ3v) is 5.74. The number of carbonyl (C=O) groups excluding carboxylic acids is 1. The molecule has 0 spiro atoms. The van der Waals surface area contributed by atoms with Crippen LogP contribution in [0.2, 0.25) is 0 Å². The fourth-order valence-corrected chi connectivity index (χ4v) is 3.97. The van der Waals surface area contributed by atoms with Gasteiger partial charge in [0.1, 0.15) is 0 Å². The highest BCUT2D eigenvalue weighted by Gasteiger charge is 2.27. The average Bonchev–Trinajstić information content (AvgIpc) is 2.59. The Kier molecular flexibility index (Phi) is 5.27. The quantitative estimate of drug-likeness (QED) is 0.866. The van der Waals surface area contributed by atoms with Crippen LogP contribution in [0.25, 0.3) is 10.9 Å². The minimum absolute atomic E-state index is 0.217. The van der Waals surface area contributed by atoms with Crippen molar-refractivity contribution in [2.45, 2.75) is 20.0 Å². The second-order valence-electron chi connectivity index (χ2n) is 6.61. The van der Waals surface area contributed by atoms with E-state index in [-0.39, 0.29) is 25.1 Å². The topological polar surface area (TPSA) is 88.6 Å². The maximum Gasteiger partial charge on any atom is 0.252 e. The Morgan fingerprint density at radius 2 is 2.15 bits per heavy atom. The highest BCUT2D eigenvalue weighted by molar-refractivity contribution is 7.88. The monoisotopic (exact) mass is 377 g/mol. The molecule has 1 fully saturated rings. The molecule has 1 atom stereocenters. The number of aryl methyl sites for hydroxylation is 2. The van der Waals surface area contributed by atoms with Gasteiger partial charge in [0.05, 0.1) is 30.0 Å². The summed E-state index contributed by atoms with van der Waals surface area (Å²) in [5.41, 5.74) is 3.16. The zero-order valence-corrected chi connectivity index (χ0v) is 16.0. The molecule has 1 aliphatic rings. The van der Waals surface area contributed by atoms with Crippen molar-refractivity contribution in [3.63, 3.8) is 0 Å². The van der Waals surface area contributed by atoms with Crippen molar-refractivity contribution in [3.05, 3.63) is 41.1 Å². The van der Waals surface area contributed by atoms with E-state index in [2.05, 4.69) is 10.3 Å². The third-order valence-electron chi connectivity index (χ3n) is 4.47. The maximum atomic E-state index is 12.7. The summed E-state index contributed by atoms with van der Waals surface area (Å²) in [6.07, 6.45) is 0.820. The third kappa shape index (κ3) is 4.03. The number of sulfonamides is 1. The Bertz CT molecular complexity index is 943. The molecule has 1 saturated heterocycles. The minimum atomic E-state index is -3.26. The molecule has 3 rings (SSSR count). The van der Waals surface area contributed by atoms with Gasteiger partial charge >= 0.3 is 0 Å². The largest absolute Gasteiger partial charge is 0.374 e. The first-order valence-corrected chi connectivity index (χ1v) is 10.3. The Morgan fingerprint density at radius 1 is 1.38 bits per heavy atom. The standard InChI is InChI=1S/C18H23N3O4S/c1-12-5-4-6-15-16(9-13(2)20-17(12)15)18(22)19-10-14-11-21(7-8-25-14)26(3,23)24/h4-6,9,14H,7-8,10-11H2,1-3H3,(H,19,22). The van der Waals surface area contributed by atoms with Gasteiger partial charge in [-0.25, -0.2) is 8.42 Å². The van der Waals surface area contributed by atoms with Gasteiger partial charge in [-0.2, -0.15) is 4.31 Å². The number of para-hydroxylation sites is 1. The maximum absolute atomic E-state index is 12.7. The highest BCUT2D eigenvalue weighted by Crippen LogP contribution is 2.21. The van der Waals surface area contributed by atoms with Crippen LogP contribution < -0.4 is 5.32 Å². The smallest absolute Gasteiger partial charge is 0.252 e. The zero-order chi connectivity index (χ0) is 18.9. The number of nitrogens with one attached hydrogen (secondary N) is 1. The molecule has 7 nitrogen and oxygen atoms in total. The number of hydrogen-bond donors (Lipinski definition) is 1. The van der Waals surface area contributed by atoms with Crippen LogP contribution in [0.15, 0.2) is 24.3 Å². The SMILES string of the molecule is Cc1cc(C(=O)NCC2CN(S(C)(=O)=O)CCO2)c2cccc(C)c2n1. The molecule has 0 aliphatic carbocycles. The molecule has 0 radical (unpaired) electrons. The molecular weight excluding hydrogens is 354 g/mol. The summed E-state index contributed by atoms with van der Waals surface area (Å²) in [5, 5.41) is 3.67. The van der Waals surface area contributed by atoms with E-state index in [1.165, 1.54) is 10.6 Å². The fraction of sp³-hybridized carbons (Fsp3) is 0.444. The van der Waals surface area contributed by atoms with E-state index in [1.807, 2.05) is 32.0 Å². The lowest BCUT2D eigenvalue weighted by Gasteiger charge is -2.31. The second kappa shape index (κ2) is 7.30. The molecule has 1 unspecified atom stereocenters. The van der Waals surface area contributed by atoms with Gasteiger partial charge in [0.15, 0.2) is 0 Å². The molecule has 1 amide bonds. The summed E-state index contributed by atoms with van der Waals surface area (Å²) < 4.78 is 30.3. The van der Waals surface area contributed by atoms with Crippen LogP contribution in [-0.4, -0.2) is 62.2 Å². The number of ether oxygens (including phenoxy) is 1. The predicted molar refractivity (Wildman–Crippen MR) is 99.7 cm³/mol. The molecule has 140 valence electrons. The van der Waals surface area contributed by atoms with E-state index < -0.39 is 10.0 Å². The van der Waals surface area contributed by atoms with Gasteiger partial charge in [-0.05, 0) is 25.5 Å². The lowest BCUT2D eigenvalue weighted by molar-refractivity contribution is 0.000447. The predicted octanol–water partition coefficient (Wildman–Crippen LogP) is 1.24. The highest BCUT2D eigenvalue weighted by atomic mass is 32.2. The lowest BCUT2D eigenvalue weighted by Crippen LogP contribution is -2.49. The van der Waals surface area contributed by atoms with Gasteiger partial charge in [0.25, 0.3) is 5.91 Å². The van der Waals surface area contributed by atoms with Gasteiger partial charge in [-0.15, -0.1) is 0 Å². The van der Waals surface area contributed by atoms with Gasteiger partial charge in [-0.1, -0.05) is 18.2 Å². The van der Waals surface area contributed by atoms with Gasteiger partial charge in [0.2, 0.25) is 10.0 Å². The number of aromatic nitrogens is 1. The molecule has 0 saturated carbocycles. The van der Waals surface area contributed by atoms with Crippen LogP contribution in [0.1, 0.15) is 21.6 Å². The molecule has 1 aromatic carbocycles. The normalized spacial score (nSPS) is 18.8. The van der Waals surface area contributed by atoms with Crippen LogP contribution in [-0.2, 0) is 14.8 Å². The number of carbonyl (C=O) groups is 1. The van der Waals surface area contributed by atoms with E-state index in [9.17, 15) is 13.2 Å². The molecule has 1 aliphatic heterocycles. The summed E-state index contributed by atoms with van der Waals surface area (Å²) in [5.74, 6) is -0.217. The average molecular weight is 377 g/mol. The lowest BCUT2D eigenvalue weighted by atomic mass is 10.0. The number of morpholine rings is 1. The van der Waals surface area contributed by atoms with Gasteiger partial charge < -0.3 is 10.1 Å². The molecule has 2 aromatic rings. The van der Waals surface area contributed by atoms with Crippen LogP contribution in [0, 0.1) is 13.8 Å². The van der Waals surface area contributed by atoms with E-state index in [1.54, 1.807) is 6.07 Å². The number of benzene rings is 1. The van der Waals surface area contributed by atoms with E-state index in [4.69, 9.17) is 4.74 Å². The van der Waals surface area contributed by atoms with Crippen molar-refractivity contribution in [1.29, 1.82) is 0 Å². The number of pyridine rings is 1. The first-order chi connectivity index (χ1) is 12.3. The van der Waals surface area contributed by atoms with Crippen LogP contribution in [0.5, 0.6) is 0 Å². The number of nitrogens with zero attached hydrogens (tertiary/aromatic N) is 2. The number of fused-ring (bicyclic) bond motifs is 1. The summed E-state index contributed by atoms with van der Waals surface area (Å²) >= 11 is 0. The zero-order valence-electron chi connectivity index (χ0n) is 15.2. The number of rotatable bonds is 4. The number of hydrogen-bond acceptors (Lipinski definition) is 5. The summed E-state index contributed by atoms with van der Waals surface area (Å²) in [6, 6.07) is 7.51.